The smallest absolute Gasteiger partial charge is 0.0678 e. The highest BCUT2D eigenvalue weighted by Gasteiger charge is 2.20. The van der Waals surface area contributed by atoms with E-state index in [1.807, 2.05) is 0 Å². The minimum Gasteiger partial charge on any atom is -0.311 e. The SMILES string of the molecule is CC(C)(C)c1cc(CNCC2CC2)[nH]n1. The van der Waals surface area contributed by atoms with Crippen LogP contribution in [0.5, 0.6) is 0 Å². The van der Waals surface area contributed by atoms with Crippen molar-refractivity contribution in [3.63, 3.8) is 0 Å². The number of rotatable bonds is 4. The molecule has 0 spiro atoms. The Balaban J connectivity index is 1.83. The van der Waals surface area contributed by atoms with Gasteiger partial charge in [-0.05, 0) is 31.4 Å². The van der Waals surface area contributed by atoms with E-state index in [9.17, 15) is 0 Å². The predicted molar refractivity (Wildman–Crippen MR) is 61.7 cm³/mol. The first-order valence-corrected chi connectivity index (χ1v) is 5.81. The molecule has 3 nitrogen and oxygen atoms in total. The molecule has 2 N–H and O–H groups in total. The molecule has 84 valence electrons. The summed E-state index contributed by atoms with van der Waals surface area (Å²) < 4.78 is 0. The number of hydrogen-bond acceptors (Lipinski definition) is 2. The highest BCUT2D eigenvalue weighted by Crippen LogP contribution is 2.27. The van der Waals surface area contributed by atoms with E-state index in [-0.39, 0.29) is 5.41 Å². The predicted octanol–water partition coefficient (Wildman–Crippen LogP) is 2.21. The van der Waals surface area contributed by atoms with Crippen molar-refractivity contribution in [3.05, 3.63) is 17.5 Å². The number of nitrogens with one attached hydrogen (secondary N) is 2. The average molecular weight is 207 g/mol. The van der Waals surface area contributed by atoms with Gasteiger partial charge in [0.15, 0.2) is 0 Å². The average Bonchev–Trinajstić information content (AvgIpc) is 2.80. The van der Waals surface area contributed by atoms with Gasteiger partial charge in [-0.3, -0.25) is 5.10 Å². The Morgan fingerprint density at radius 2 is 2.20 bits per heavy atom. The van der Waals surface area contributed by atoms with Crippen LogP contribution < -0.4 is 5.32 Å². The van der Waals surface area contributed by atoms with Gasteiger partial charge in [0.25, 0.3) is 0 Å². The second kappa shape index (κ2) is 3.97. The summed E-state index contributed by atoms with van der Waals surface area (Å²) >= 11 is 0. The first-order valence-electron chi connectivity index (χ1n) is 5.81. The van der Waals surface area contributed by atoms with Gasteiger partial charge in [0.1, 0.15) is 0 Å². The van der Waals surface area contributed by atoms with Crippen LogP contribution in [0.3, 0.4) is 0 Å². The third-order valence-electron chi connectivity index (χ3n) is 2.84. The van der Waals surface area contributed by atoms with Crippen LogP contribution in [-0.4, -0.2) is 16.7 Å². The fourth-order valence-electron chi connectivity index (χ4n) is 1.57. The van der Waals surface area contributed by atoms with Gasteiger partial charge in [0.2, 0.25) is 0 Å². The standard InChI is InChI=1S/C12H21N3/c1-12(2,3)11-6-10(14-15-11)8-13-7-9-4-5-9/h6,9,13H,4-5,7-8H2,1-3H3,(H,14,15). The summed E-state index contributed by atoms with van der Waals surface area (Å²) in [6.45, 7) is 8.63. The molecule has 15 heavy (non-hydrogen) atoms. The van der Waals surface area contributed by atoms with E-state index in [2.05, 4.69) is 42.4 Å². The Kier molecular flexibility index (Phi) is 2.83. The van der Waals surface area contributed by atoms with Crippen molar-refractivity contribution in [2.24, 2.45) is 5.92 Å². The zero-order valence-corrected chi connectivity index (χ0v) is 9.93. The highest BCUT2D eigenvalue weighted by molar-refractivity contribution is 5.16. The number of hydrogen-bond donors (Lipinski definition) is 2. The molecule has 1 saturated carbocycles. The molecule has 1 aromatic heterocycles. The van der Waals surface area contributed by atoms with Gasteiger partial charge in [-0.25, -0.2) is 0 Å². The second-order valence-corrected chi connectivity index (χ2v) is 5.60. The van der Waals surface area contributed by atoms with Gasteiger partial charge in [-0.1, -0.05) is 20.8 Å². The Labute approximate surface area is 91.7 Å². The maximum absolute atomic E-state index is 4.34. The van der Waals surface area contributed by atoms with Crippen molar-refractivity contribution in [1.29, 1.82) is 0 Å². The van der Waals surface area contributed by atoms with Crippen LogP contribution in [0.15, 0.2) is 6.07 Å². The molecule has 0 bridgehead atoms. The van der Waals surface area contributed by atoms with E-state index in [0.717, 1.165) is 24.7 Å². The maximum atomic E-state index is 4.34. The molecule has 0 saturated heterocycles. The molecule has 0 aliphatic heterocycles. The molecular formula is C12H21N3. The number of H-pyrrole nitrogens is 1. The Hall–Kier alpha value is -0.830. The summed E-state index contributed by atoms with van der Waals surface area (Å²) in [5.74, 6) is 0.940. The largest absolute Gasteiger partial charge is 0.311 e. The van der Waals surface area contributed by atoms with Crippen molar-refractivity contribution in [1.82, 2.24) is 15.5 Å². The lowest BCUT2D eigenvalue weighted by Gasteiger charge is -2.13. The first-order chi connectivity index (χ1) is 7.05. The van der Waals surface area contributed by atoms with E-state index in [1.165, 1.54) is 18.5 Å². The highest BCUT2D eigenvalue weighted by atomic mass is 15.1. The lowest BCUT2D eigenvalue weighted by molar-refractivity contribution is 0.567. The molecule has 1 aliphatic rings. The summed E-state index contributed by atoms with van der Waals surface area (Å²) in [6.07, 6.45) is 2.81. The van der Waals surface area contributed by atoms with Crippen LogP contribution in [0.4, 0.5) is 0 Å². The lowest BCUT2D eigenvalue weighted by Crippen LogP contribution is -2.16. The zero-order chi connectivity index (χ0) is 10.9. The molecule has 0 aromatic carbocycles. The van der Waals surface area contributed by atoms with Gasteiger partial charge >= 0.3 is 0 Å². The number of aromatic nitrogens is 2. The Bertz CT molecular complexity index is 318. The van der Waals surface area contributed by atoms with Gasteiger partial charge < -0.3 is 5.32 Å². The van der Waals surface area contributed by atoms with Gasteiger partial charge in [0, 0.05) is 17.7 Å². The molecule has 2 rings (SSSR count). The summed E-state index contributed by atoms with van der Waals surface area (Å²) in [6, 6.07) is 2.17. The Morgan fingerprint density at radius 1 is 1.47 bits per heavy atom. The summed E-state index contributed by atoms with van der Waals surface area (Å²) in [4.78, 5) is 0. The molecule has 1 aliphatic carbocycles. The minimum absolute atomic E-state index is 0.144. The molecule has 0 radical (unpaired) electrons. The quantitative estimate of drug-likeness (QED) is 0.794. The van der Waals surface area contributed by atoms with E-state index in [0.29, 0.717) is 0 Å². The fraction of sp³-hybridized carbons (Fsp3) is 0.750. The molecule has 0 atom stereocenters. The Morgan fingerprint density at radius 3 is 2.73 bits per heavy atom. The molecule has 1 aromatic rings. The van der Waals surface area contributed by atoms with Gasteiger partial charge in [-0.2, -0.15) is 5.10 Å². The van der Waals surface area contributed by atoms with Crippen LogP contribution >= 0.6 is 0 Å². The molecule has 3 heteroatoms. The topological polar surface area (TPSA) is 40.7 Å². The lowest BCUT2D eigenvalue weighted by atomic mass is 9.92. The van der Waals surface area contributed by atoms with Crippen LogP contribution in [0, 0.1) is 5.92 Å². The zero-order valence-electron chi connectivity index (χ0n) is 9.93. The van der Waals surface area contributed by atoms with Crippen molar-refractivity contribution in [2.75, 3.05) is 6.54 Å². The molecule has 1 heterocycles. The van der Waals surface area contributed by atoms with Crippen molar-refractivity contribution in [3.8, 4) is 0 Å². The van der Waals surface area contributed by atoms with Crippen LogP contribution in [-0.2, 0) is 12.0 Å². The fourth-order valence-corrected chi connectivity index (χ4v) is 1.57. The van der Waals surface area contributed by atoms with E-state index < -0.39 is 0 Å². The van der Waals surface area contributed by atoms with Crippen LogP contribution in [0.1, 0.15) is 45.0 Å². The van der Waals surface area contributed by atoms with E-state index in [4.69, 9.17) is 0 Å². The third-order valence-corrected chi connectivity index (χ3v) is 2.84. The molecule has 0 unspecified atom stereocenters. The number of aromatic amines is 1. The third kappa shape index (κ3) is 3.06. The summed E-state index contributed by atoms with van der Waals surface area (Å²) in [5, 5.41) is 10.9. The molecule has 0 amide bonds. The molecular weight excluding hydrogens is 186 g/mol. The summed E-state index contributed by atoms with van der Waals surface area (Å²) in [5.41, 5.74) is 2.48. The van der Waals surface area contributed by atoms with Gasteiger partial charge in [-0.15, -0.1) is 0 Å². The number of nitrogens with zero attached hydrogens (tertiary/aromatic N) is 1. The summed E-state index contributed by atoms with van der Waals surface area (Å²) in [7, 11) is 0. The second-order valence-electron chi connectivity index (χ2n) is 5.60. The van der Waals surface area contributed by atoms with E-state index in [1.54, 1.807) is 0 Å². The first kappa shape index (κ1) is 10.7. The minimum atomic E-state index is 0.144. The van der Waals surface area contributed by atoms with Gasteiger partial charge in [0.05, 0.1) is 5.69 Å². The van der Waals surface area contributed by atoms with E-state index >= 15 is 0 Å². The van der Waals surface area contributed by atoms with Crippen molar-refractivity contribution in [2.45, 2.75) is 45.6 Å². The van der Waals surface area contributed by atoms with Crippen molar-refractivity contribution >= 4 is 0 Å². The normalized spacial score (nSPS) is 17.0. The van der Waals surface area contributed by atoms with Crippen molar-refractivity contribution < 1.29 is 0 Å². The monoisotopic (exact) mass is 207 g/mol. The van der Waals surface area contributed by atoms with Crippen LogP contribution in [0.25, 0.3) is 0 Å². The maximum Gasteiger partial charge on any atom is 0.0678 e. The van der Waals surface area contributed by atoms with Crippen LogP contribution in [0.2, 0.25) is 0 Å². The molecule has 1 fully saturated rings.